The van der Waals surface area contributed by atoms with E-state index in [1.807, 2.05) is 6.08 Å². The van der Waals surface area contributed by atoms with Crippen molar-refractivity contribution < 1.29 is 14.7 Å². The topological polar surface area (TPSA) is 54.4 Å². The first kappa shape index (κ1) is 9.44. The molecule has 0 aromatic heterocycles. The van der Waals surface area contributed by atoms with Crippen LogP contribution in [-0.4, -0.2) is 16.9 Å². The van der Waals surface area contributed by atoms with Gasteiger partial charge in [-0.05, 0) is 31.6 Å². The maximum atomic E-state index is 11.7. The second-order valence-electron chi connectivity index (χ2n) is 4.44. The molecule has 0 spiro atoms. The van der Waals surface area contributed by atoms with Gasteiger partial charge in [-0.25, -0.2) is 0 Å². The van der Waals surface area contributed by atoms with Crippen molar-refractivity contribution in [3.05, 3.63) is 12.2 Å². The lowest BCUT2D eigenvalue weighted by Gasteiger charge is -2.29. The average molecular weight is 194 g/mol. The van der Waals surface area contributed by atoms with Gasteiger partial charge in [-0.2, -0.15) is 0 Å². The van der Waals surface area contributed by atoms with Crippen LogP contribution in [0, 0.1) is 17.3 Å². The number of ketones is 1. The van der Waals surface area contributed by atoms with E-state index in [1.165, 1.54) is 0 Å². The highest BCUT2D eigenvalue weighted by Gasteiger charge is 2.56. The fourth-order valence-electron chi connectivity index (χ4n) is 2.74. The van der Waals surface area contributed by atoms with Gasteiger partial charge in [-0.15, -0.1) is 0 Å². The van der Waals surface area contributed by atoms with E-state index in [0.29, 0.717) is 6.42 Å². The van der Waals surface area contributed by atoms with Crippen molar-refractivity contribution in [2.24, 2.45) is 17.3 Å². The van der Waals surface area contributed by atoms with Crippen LogP contribution in [0.1, 0.15) is 26.2 Å². The predicted octanol–water partition coefficient (Wildman–Crippen LogP) is 1.63. The molecular formula is C11H14O3. The SMILES string of the molecule is C[C@]1(C(=O)O)C(=O)C[C@H]2CC=CC[C@@H]21. The highest BCUT2D eigenvalue weighted by atomic mass is 16.4. The van der Waals surface area contributed by atoms with E-state index < -0.39 is 11.4 Å². The highest BCUT2D eigenvalue weighted by Crippen LogP contribution is 2.49. The zero-order chi connectivity index (χ0) is 10.3. The van der Waals surface area contributed by atoms with Crippen molar-refractivity contribution in [2.45, 2.75) is 26.2 Å². The summed E-state index contributed by atoms with van der Waals surface area (Å²) >= 11 is 0. The smallest absolute Gasteiger partial charge is 0.317 e. The Balaban J connectivity index is 2.37. The molecule has 0 aromatic carbocycles. The molecule has 0 saturated heterocycles. The molecule has 1 N–H and O–H groups in total. The van der Waals surface area contributed by atoms with Crippen molar-refractivity contribution in [3.63, 3.8) is 0 Å². The summed E-state index contributed by atoms with van der Waals surface area (Å²) in [6.45, 7) is 1.58. The molecule has 2 aliphatic rings. The second-order valence-corrected chi connectivity index (χ2v) is 4.44. The lowest BCUT2D eigenvalue weighted by Crippen LogP contribution is -2.39. The maximum Gasteiger partial charge on any atom is 0.317 e. The molecule has 2 aliphatic carbocycles. The molecule has 3 atom stereocenters. The molecular weight excluding hydrogens is 180 g/mol. The van der Waals surface area contributed by atoms with Crippen LogP contribution >= 0.6 is 0 Å². The number of Topliss-reactive ketones (excluding diaryl/α,β-unsaturated/α-hetero) is 1. The van der Waals surface area contributed by atoms with Crippen LogP contribution in [0.15, 0.2) is 12.2 Å². The van der Waals surface area contributed by atoms with E-state index in [2.05, 4.69) is 6.08 Å². The van der Waals surface area contributed by atoms with Gasteiger partial charge in [0.05, 0.1) is 0 Å². The van der Waals surface area contributed by atoms with Gasteiger partial charge in [-0.1, -0.05) is 12.2 Å². The van der Waals surface area contributed by atoms with E-state index in [1.54, 1.807) is 6.92 Å². The molecule has 14 heavy (non-hydrogen) atoms. The van der Waals surface area contributed by atoms with Gasteiger partial charge < -0.3 is 5.11 Å². The van der Waals surface area contributed by atoms with Crippen LogP contribution < -0.4 is 0 Å². The maximum absolute atomic E-state index is 11.7. The number of carbonyl (C=O) groups excluding carboxylic acids is 1. The largest absolute Gasteiger partial charge is 0.480 e. The average Bonchev–Trinajstić information content (AvgIpc) is 2.41. The Hall–Kier alpha value is -1.12. The van der Waals surface area contributed by atoms with E-state index >= 15 is 0 Å². The Kier molecular flexibility index (Phi) is 1.98. The third-order valence-corrected chi connectivity index (χ3v) is 3.78. The lowest BCUT2D eigenvalue weighted by atomic mass is 9.72. The summed E-state index contributed by atoms with van der Waals surface area (Å²) in [6.07, 6.45) is 6.10. The number of carboxylic acids is 1. The first-order valence-corrected chi connectivity index (χ1v) is 4.98. The van der Waals surface area contributed by atoms with E-state index in [-0.39, 0.29) is 17.6 Å². The summed E-state index contributed by atoms with van der Waals surface area (Å²) in [5.74, 6) is -0.778. The van der Waals surface area contributed by atoms with Crippen LogP contribution in [0.5, 0.6) is 0 Å². The summed E-state index contributed by atoms with van der Waals surface area (Å²) in [4.78, 5) is 22.8. The molecule has 0 radical (unpaired) electrons. The lowest BCUT2D eigenvalue weighted by molar-refractivity contribution is -0.154. The Bertz CT molecular complexity index is 318. The highest BCUT2D eigenvalue weighted by molar-refractivity contribution is 6.04. The number of hydrogen-bond acceptors (Lipinski definition) is 2. The number of carbonyl (C=O) groups is 2. The van der Waals surface area contributed by atoms with Gasteiger partial charge in [0.25, 0.3) is 0 Å². The summed E-state index contributed by atoms with van der Waals surface area (Å²) in [6, 6.07) is 0. The molecule has 2 rings (SSSR count). The number of carboxylic acid groups (broad SMARTS) is 1. The normalized spacial score (nSPS) is 41.1. The molecule has 1 saturated carbocycles. The van der Waals surface area contributed by atoms with Crippen LogP contribution in [0.2, 0.25) is 0 Å². The monoisotopic (exact) mass is 194 g/mol. The minimum absolute atomic E-state index is 0.0116. The number of aliphatic carboxylic acids is 1. The quantitative estimate of drug-likeness (QED) is 0.510. The van der Waals surface area contributed by atoms with Crippen molar-refractivity contribution >= 4 is 11.8 Å². The van der Waals surface area contributed by atoms with Crippen LogP contribution in [0.25, 0.3) is 0 Å². The fourth-order valence-corrected chi connectivity index (χ4v) is 2.74. The number of fused-ring (bicyclic) bond motifs is 1. The molecule has 0 bridgehead atoms. The van der Waals surface area contributed by atoms with Gasteiger partial charge in [0.1, 0.15) is 11.2 Å². The van der Waals surface area contributed by atoms with Crippen LogP contribution in [0.4, 0.5) is 0 Å². The summed E-state index contributed by atoms with van der Waals surface area (Å²) < 4.78 is 0. The molecule has 76 valence electrons. The van der Waals surface area contributed by atoms with Gasteiger partial charge in [-0.3, -0.25) is 9.59 Å². The van der Waals surface area contributed by atoms with Crippen molar-refractivity contribution in [2.75, 3.05) is 0 Å². The third kappa shape index (κ3) is 1.04. The molecule has 1 fully saturated rings. The van der Waals surface area contributed by atoms with Gasteiger partial charge >= 0.3 is 5.97 Å². The zero-order valence-corrected chi connectivity index (χ0v) is 8.19. The molecule has 0 unspecified atom stereocenters. The van der Waals surface area contributed by atoms with E-state index in [0.717, 1.165) is 12.8 Å². The summed E-state index contributed by atoms with van der Waals surface area (Å²) in [5, 5.41) is 9.14. The Morgan fingerprint density at radius 3 is 2.79 bits per heavy atom. The Morgan fingerprint density at radius 2 is 2.14 bits per heavy atom. The van der Waals surface area contributed by atoms with Crippen molar-refractivity contribution in [1.29, 1.82) is 0 Å². The molecule has 3 heteroatoms. The molecule has 0 aliphatic heterocycles. The summed E-state index contributed by atoms with van der Waals surface area (Å²) in [7, 11) is 0. The van der Waals surface area contributed by atoms with Gasteiger partial charge in [0.2, 0.25) is 0 Å². The van der Waals surface area contributed by atoms with Gasteiger partial charge in [0, 0.05) is 6.42 Å². The summed E-state index contributed by atoms with van der Waals surface area (Å²) in [5.41, 5.74) is -1.13. The van der Waals surface area contributed by atoms with Crippen molar-refractivity contribution in [1.82, 2.24) is 0 Å². The fraction of sp³-hybridized carbons (Fsp3) is 0.636. The van der Waals surface area contributed by atoms with Crippen LogP contribution in [-0.2, 0) is 9.59 Å². The third-order valence-electron chi connectivity index (χ3n) is 3.78. The Labute approximate surface area is 82.8 Å². The zero-order valence-electron chi connectivity index (χ0n) is 8.19. The van der Waals surface area contributed by atoms with E-state index in [9.17, 15) is 9.59 Å². The van der Waals surface area contributed by atoms with Crippen LogP contribution in [0.3, 0.4) is 0 Å². The van der Waals surface area contributed by atoms with Gasteiger partial charge in [0.15, 0.2) is 0 Å². The number of hydrogen-bond donors (Lipinski definition) is 1. The minimum atomic E-state index is -1.13. The standard InChI is InChI=1S/C11H14O3/c1-11(10(13)14)8-5-3-2-4-7(8)6-9(11)12/h2-3,7-8H,4-6H2,1H3,(H,13,14)/t7-,8+,11-/m1/s1. The molecule has 0 heterocycles. The molecule has 0 aromatic rings. The second kappa shape index (κ2) is 2.94. The molecule has 3 nitrogen and oxygen atoms in total. The first-order chi connectivity index (χ1) is 6.56. The Morgan fingerprint density at radius 1 is 1.50 bits per heavy atom. The number of rotatable bonds is 1. The first-order valence-electron chi connectivity index (χ1n) is 4.98. The van der Waals surface area contributed by atoms with E-state index in [4.69, 9.17) is 5.11 Å². The molecule has 0 amide bonds. The number of allylic oxidation sites excluding steroid dienone is 2. The van der Waals surface area contributed by atoms with Crippen molar-refractivity contribution in [3.8, 4) is 0 Å². The minimum Gasteiger partial charge on any atom is -0.480 e. The predicted molar refractivity (Wildman–Crippen MR) is 50.7 cm³/mol.